The maximum absolute atomic E-state index is 11.7. The SMILES string of the molecule is CC(=O)c1csc(NC(=O)CCCNC(=O)c2cccs2)n1. The highest BCUT2D eigenvalue weighted by molar-refractivity contribution is 7.14. The number of hydrogen-bond acceptors (Lipinski definition) is 6. The highest BCUT2D eigenvalue weighted by Crippen LogP contribution is 2.16. The smallest absolute Gasteiger partial charge is 0.261 e. The molecule has 0 fully saturated rings. The minimum atomic E-state index is -0.185. The topological polar surface area (TPSA) is 88.2 Å². The number of hydrogen-bond donors (Lipinski definition) is 2. The Kier molecular flexibility index (Phi) is 5.79. The molecule has 0 saturated heterocycles. The van der Waals surface area contributed by atoms with Gasteiger partial charge in [-0.25, -0.2) is 4.98 Å². The number of nitrogens with zero attached hydrogens (tertiary/aromatic N) is 1. The maximum Gasteiger partial charge on any atom is 0.261 e. The first-order valence-electron chi connectivity index (χ1n) is 6.64. The van der Waals surface area contributed by atoms with Crippen molar-refractivity contribution in [1.29, 1.82) is 0 Å². The molecule has 2 heterocycles. The summed E-state index contributed by atoms with van der Waals surface area (Å²) in [6.07, 6.45) is 0.813. The number of Topliss-reactive ketones (excluding diaryl/α,β-unsaturated/α-hetero) is 1. The lowest BCUT2D eigenvalue weighted by Gasteiger charge is -2.04. The van der Waals surface area contributed by atoms with Crippen LogP contribution in [-0.2, 0) is 4.79 Å². The first-order chi connectivity index (χ1) is 10.6. The highest BCUT2D eigenvalue weighted by atomic mass is 32.1. The molecule has 2 rings (SSSR count). The van der Waals surface area contributed by atoms with Crippen molar-refractivity contribution in [2.75, 3.05) is 11.9 Å². The zero-order valence-electron chi connectivity index (χ0n) is 11.9. The average Bonchev–Trinajstić information content (AvgIpc) is 3.14. The van der Waals surface area contributed by atoms with E-state index in [0.29, 0.717) is 28.7 Å². The first kappa shape index (κ1) is 16.3. The number of thiophene rings is 1. The van der Waals surface area contributed by atoms with Gasteiger partial charge in [0.25, 0.3) is 5.91 Å². The van der Waals surface area contributed by atoms with Crippen LogP contribution in [0.2, 0.25) is 0 Å². The summed E-state index contributed by atoms with van der Waals surface area (Å²) in [4.78, 5) is 39.2. The normalized spacial score (nSPS) is 10.2. The Balaban J connectivity index is 1.67. The van der Waals surface area contributed by atoms with E-state index in [1.165, 1.54) is 29.6 Å². The van der Waals surface area contributed by atoms with E-state index in [2.05, 4.69) is 15.6 Å². The standard InChI is InChI=1S/C14H15N3O3S2/c1-9(18)10-8-22-14(16-10)17-12(19)5-2-6-15-13(20)11-4-3-7-21-11/h3-4,7-8H,2,5-6H2,1H3,(H,15,20)(H,16,17,19). The summed E-state index contributed by atoms with van der Waals surface area (Å²) in [7, 11) is 0. The molecule has 2 aromatic rings. The maximum atomic E-state index is 11.7. The average molecular weight is 337 g/mol. The quantitative estimate of drug-likeness (QED) is 0.600. The molecular weight excluding hydrogens is 322 g/mol. The molecule has 0 saturated carbocycles. The Bertz CT molecular complexity index is 665. The molecule has 0 unspecified atom stereocenters. The Morgan fingerprint density at radius 2 is 2.09 bits per heavy atom. The lowest BCUT2D eigenvalue weighted by Crippen LogP contribution is -2.24. The van der Waals surface area contributed by atoms with Gasteiger partial charge in [-0.2, -0.15) is 0 Å². The van der Waals surface area contributed by atoms with Crippen molar-refractivity contribution in [3.05, 3.63) is 33.5 Å². The molecule has 2 N–H and O–H groups in total. The van der Waals surface area contributed by atoms with Gasteiger partial charge in [-0.05, 0) is 17.9 Å². The van der Waals surface area contributed by atoms with E-state index >= 15 is 0 Å². The Labute approximate surface area is 135 Å². The van der Waals surface area contributed by atoms with Gasteiger partial charge < -0.3 is 10.6 Å². The number of aromatic nitrogens is 1. The zero-order chi connectivity index (χ0) is 15.9. The molecule has 22 heavy (non-hydrogen) atoms. The number of amides is 2. The lowest BCUT2D eigenvalue weighted by molar-refractivity contribution is -0.116. The van der Waals surface area contributed by atoms with Gasteiger partial charge in [-0.1, -0.05) is 6.07 Å². The molecule has 0 bridgehead atoms. The van der Waals surface area contributed by atoms with Gasteiger partial charge in [0, 0.05) is 25.3 Å². The molecule has 116 valence electrons. The third-order valence-electron chi connectivity index (χ3n) is 2.72. The van der Waals surface area contributed by atoms with Crippen LogP contribution >= 0.6 is 22.7 Å². The van der Waals surface area contributed by atoms with Crippen molar-refractivity contribution >= 4 is 45.4 Å². The molecule has 0 aliphatic heterocycles. The minimum absolute atomic E-state index is 0.124. The molecule has 0 aliphatic rings. The van der Waals surface area contributed by atoms with Crippen molar-refractivity contribution in [1.82, 2.24) is 10.3 Å². The molecule has 0 aromatic carbocycles. The van der Waals surface area contributed by atoms with Crippen LogP contribution in [0.15, 0.2) is 22.9 Å². The summed E-state index contributed by atoms with van der Waals surface area (Å²) < 4.78 is 0. The molecule has 0 spiro atoms. The molecule has 2 aromatic heterocycles. The van der Waals surface area contributed by atoms with Crippen LogP contribution in [0.4, 0.5) is 5.13 Å². The fraction of sp³-hybridized carbons (Fsp3) is 0.286. The third-order valence-corrected chi connectivity index (χ3v) is 4.35. The summed E-state index contributed by atoms with van der Waals surface area (Å²) in [5.74, 6) is -0.440. The van der Waals surface area contributed by atoms with Crippen LogP contribution in [0.25, 0.3) is 0 Å². The van der Waals surface area contributed by atoms with Crippen molar-refractivity contribution < 1.29 is 14.4 Å². The Morgan fingerprint density at radius 1 is 1.27 bits per heavy atom. The number of nitrogens with one attached hydrogen (secondary N) is 2. The molecule has 0 atom stereocenters. The second kappa shape index (κ2) is 7.81. The number of anilines is 1. The fourth-order valence-corrected chi connectivity index (χ4v) is 3.03. The number of ketones is 1. The Hall–Kier alpha value is -2.06. The van der Waals surface area contributed by atoms with E-state index < -0.39 is 0 Å². The van der Waals surface area contributed by atoms with Crippen LogP contribution < -0.4 is 10.6 Å². The van der Waals surface area contributed by atoms with Crippen LogP contribution in [0, 0.1) is 0 Å². The summed E-state index contributed by atoms with van der Waals surface area (Å²) >= 11 is 2.59. The van der Waals surface area contributed by atoms with Crippen LogP contribution in [-0.4, -0.2) is 29.1 Å². The monoisotopic (exact) mass is 337 g/mol. The van der Waals surface area contributed by atoms with Gasteiger partial charge >= 0.3 is 0 Å². The van der Waals surface area contributed by atoms with Gasteiger partial charge in [0.05, 0.1) is 4.88 Å². The van der Waals surface area contributed by atoms with Crippen molar-refractivity contribution in [2.45, 2.75) is 19.8 Å². The highest BCUT2D eigenvalue weighted by Gasteiger charge is 2.09. The summed E-state index contributed by atoms with van der Waals surface area (Å²) in [5.41, 5.74) is 0.350. The van der Waals surface area contributed by atoms with E-state index in [-0.39, 0.29) is 24.0 Å². The molecule has 0 aliphatic carbocycles. The Morgan fingerprint density at radius 3 is 2.73 bits per heavy atom. The van der Waals surface area contributed by atoms with Crippen molar-refractivity contribution in [3.63, 3.8) is 0 Å². The number of carbonyl (C=O) groups excluding carboxylic acids is 3. The predicted octanol–water partition coefficient (Wildman–Crippen LogP) is 2.56. The first-order valence-corrected chi connectivity index (χ1v) is 8.40. The van der Waals surface area contributed by atoms with E-state index in [9.17, 15) is 14.4 Å². The summed E-state index contributed by atoms with van der Waals surface area (Å²) in [5, 5.41) is 9.26. The summed E-state index contributed by atoms with van der Waals surface area (Å²) in [6, 6.07) is 3.57. The van der Waals surface area contributed by atoms with E-state index in [4.69, 9.17) is 0 Å². The van der Waals surface area contributed by atoms with Crippen LogP contribution in [0.5, 0.6) is 0 Å². The molecule has 0 radical (unpaired) electrons. The van der Waals surface area contributed by atoms with E-state index in [1.54, 1.807) is 11.4 Å². The summed E-state index contributed by atoms with van der Waals surface area (Å²) in [6.45, 7) is 1.86. The van der Waals surface area contributed by atoms with Crippen LogP contribution in [0.1, 0.15) is 39.9 Å². The minimum Gasteiger partial charge on any atom is -0.351 e. The largest absolute Gasteiger partial charge is 0.351 e. The predicted molar refractivity (Wildman–Crippen MR) is 86.6 cm³/mol. The number of carbonyl (C=O) groups is 3. The van der Waals surface area contributed by atoms with Crippen molar-refractivity contribution in [3.8, 4) is 0 Å². The van der Waals surface area contributed by atoms with E-state index in [1.807, 2.05) is 11.4 Å². The van der Waals surface area contributed by atoms with E-state index in [0.717, 1.165) is 0 Å². The lowest BCUT2D eigenvalue weighted by atomic mass is 10.3. The second-order valence-corrected chi connectivity index (χ2v) is 6.28. The number of rotatable bonds is 7. The molecule has 8 heteroatoms. The zero-order valence-corrected chi connectivity index (χ0v) is 13.6. The van der Waals surface area contributed by atoms with Crippen LogP contribution in [0.3, 0.4) is 0 Å². The number of thiazole rings is 1. The second-order valence-electron chi connectivity index (χ2n) is 4.48. The molecule has 6 nitrogen and oxygen atoms in total. The third kappa shape index (κ3) is 4.74. The van der Waals surface area contributed by atoms with Gasteiger partial charge in [0.15, 0.2) is 10.9 Å². The molecule has 2 amide bonds. The van der Waals surface area contributed by atoms with Gasteiger partial charge in [0.2, 0.25) is 5.91 Å². The van der Waals surface area contributed by atoms with Gasteiger partial charge in [-0.15, -0.1) is 22.7 Å². The van der Waals surface area contributed by atoms with Gasteiger partial charge in [-0.3, -0.25) is 14.4 Å². The molecular formula is C14H15N3O3S2. The van der Waals surface area contributed by atoms with Gasteiger partial charge in [0.1, 0.15) is 5.69 Å². The van der Waals surface area contributed by atoms with Crippen molar-refractivity contribution in [2.24, 2.45) is 0 Å². The fourth-order valence-electron chi connectivity index (χ4n) is 1.62.